The van der Waals surface area contributed by atoms with Gasteiger partial charge in [0.05, 0.1) is 17.6 Å². The number of phenols is 1. The van der Waals surface area contributed by atoms with E-state index in [9.17, 15) is 19.5 Å². The number of halogens is 2. The van der Waals surface area contributed by atoms with Crippen LogP contribution in [0.15, 0.2) is 48.7 Å². The minimum Gasteiger partial charge on any atom is -0.508 e. The number of amides is 4. The summed E-state index contributed by atoms with van der Waals surface area (Å²) in [5, 5.41) is 18.0. The van der Waals surface area contributed by atoms with Gasteiger partial charge in [0.2, 0.25) is 5.91 Å². The molecule has 2 aliphatic carbocycles. The topological polar surface area (TPSA) is 160 Å². The van der Waals surface area contributed by atoms with Crippen LogP contribution in [0.4, 0.5) is 25.1 Å². The lowest BCUT2D eigenvalue weighted by Gasteiger charge is -2.47. The number of piperidine rings is 1. The van der Waals surface area contributed by atoms with Crippen LogP contribution >= 0.6 is 0 Å². The average molecular weight is 1020 g/mol. The third-order valence-electron chi connectivity index (χ3n) is 18.0. The molecule has 0 radical (unpaired) electrons. The third-order valence-corrected chi connectivity index (χ3v) is 18.0. The van der Waals surface area contributed by atoms with Gasteiger partial charge >= 0.3 is 12.0 Å². The van der Waals surface area contributed by atoms with Gasteiger partial charge in [-0.2, -0.15) is 9.97 Å². The number of urea groups is 1. The summed E-state index contributed by atoms with van der Waals surface area (Å²) in [5.74, 6) is 1.92. The summed E-state index contributed by atoms with van der Waals surface area (Å²) in [6, 6.07) is 11.5. The first-order valence-electron chi connectivity index (χ1n) is 27.3. The fourth-order valence-corrected chi connectivity index (χ4v) is 13.3. The molecule has 2 saturated carbocycles. The molecular weight excluding hydrogens is 955 g/mol. The predicted octanol–water partition coefficient (Wildman–Crippen LogP) is 7.65. The van der Waals surface area contributed by atoms with E-state index in [0.29, 0.717) is 78.5 Å². The number of nitrogens with zero attached hydrogens (tertiary/aromatic N) is 8. The van der Waals surface area contributed by atoms with E-state index in [1.54, 1.807) is 11.1 Å². The van der Waals surface area contributed by atoms with Crippen LogP contribution in [0.3, 0.4) is 0 Å². The van der Waals surface area contributed by atoms with Crippen LogP contribution < -0.4 is 25.2 Å². The molecule has 1 spiro atoms. The first-order chi connectivity index (χ1) is 36.4. The average Bonchev–Trinajstić information content (AvgIpc) is 4.11. The first-order valence-corrected chi connectivity index (χ1v) is 27.3. The Kier molecular flexibility index (Phi) is 13.1. The Bertz CT molecular complexity index is 3100. The Morgan fingerprint density at radius 3 is 2.35 bits per heavy atom. The number of carbonyl (C=O) groups is 3. The highest BCUT2D eigenvalue weighted by Gasteiger charge is 2.46. The maximum Gasteiger partial charge on any atom is 0.328 e. The van der Waals surface area contributed by atoms with Crippen molar-refractivity contribution in [3.8, 4) is 35.4 Å². The number of anilines is 2. The largest absolute Gasteiger partial charge is 0.508 e. The minimum atomic E-state index is -0.725. The van der Waals surface area contributed by atoms with Crippen LogP contribution in [0, 0.1) is 40.7 Å². The van der Waals surface area contributed by atoms with Crippen molar-refractivity contribution in [2.24, 2.45) is 16.7 Å². The molecule has 2 aromatic heterocycles. The number of ether oxygens (including phenoxy) is 1. The quantitative estimate of drug-likeness (QED) is 0.105. The van der Waals surface area contributed by atoms with Gasteiger partial charge < -0.3 is 34.8 Å². The Morgan fingerprint density at radius 1 is 0.893 bits per heavy atom. The summed E-state index contributed by atoms with van der Waals surface area (Å²) in [7, 11) is 0. The molecule has 2 atom stereocenters. The van der Waals surface area contributed by atoms with Crippen molar-refractivity contribution in [2.75, 3.05) is 88.4 Å². The second-order valence-corrected chi connectivity index (χ2v) is 22.8. The Labute approximate surface area is 436 Å². The molecule has 7 heterocycles. The molecule has 5 aliphatic heterocycles. The van der Waals surface area contributed by atoms with Crippen molar-refractivity contribution >= 4 is 51.0 Å². The van der Waals surface area contributed by atoms with Crippen molar-refractivity contribution in [1.29, 1.82) is 0 Å². The summed E-state index contributed by atoms with van der Waals surface area (Å²) >= 11 is 0. The van der Waals surface area contributed by atoms with E-state index in [1.807, 2.05) is 30.0 Å². The number of fused-ring (bicyclic) bond motifs is 4. The maximum absolute atomic E-state index is 17.2. The van der Waals surface area contributed by atoms with Gasteiger partial charge in [0.1, 0.15) is 28.6 Å². The molecule has 75 heavy (non-hydrogen) atoms. The van der Waals surface area contributed by atoms with Crippen molar-refractivity contribution < 1.29 is 33.0 Å². The molecule has 12 rings (SSSR count). The van der Waals surface area contributed by atoms with Crippen molar-refractivity contribution in [3.63, 3.8) is 0 Å². The number of imide groups is 1. The number of hydrogen-bond acceptors (Lipinski definition) is 12. The number of piperazine rings is 2. The molecule has 392 valence electrons. The second kappa shape index (κ2) is 19.9. The zero-order chi connectivity index (χ0) is 51.6. The number of terminal acetylenes is 1. The van der Waals surface area contributed by atoms with Crippen molar-refractivity contribution in [3.05, 3.63) is 77.0 Å². The fraction of sp³-hybridized carbons (Fsp3) is 0.517. The highest BCUT2D eigenvalue weighted by Crippen LogP contribution is 2.49. The Hall–Kier alpha value is -6.48. The van der Waals surface area contributed by atoms with Gasteiger partial charge in [0, 0.05) is 124 Å². The van der Waals surface area contributed by atoms with Crippen LogP contribution in [-0.2, 0) is 11.2 Å². The SMILES string of the molecule is C#Cc1c(F)ccc2cc(O)cc(-c3ncc4c(N5CC6CCC(C5)N6)nc(OCC5(CN6CCN(CC7CCC8(CC7)CCN(C(=O)c7ccc(CC)c(N9CCC(=O)NC9=O)c7)CC8)CC6)CC5)nc4c3F)c12. The smallest absolute Gasteiger partial charge is 0.328 e. The second-order valence-electron chi connectivity index (χ2n) is 22.8. The van der Waals surface area contributed by atoms with Gasteiger partial charge in [-0.1, -0.05) is 25.0 Å². The molecule has 5 aromatic rings. The number of nitrogens with one attached hydrogen (secondary N) is 2. The highest BCUT2D eigenvalue weighted by atomic mass is 19.1. The van der Waals surface area contributed by atoms with Gasteiger partial charge in [-0.25, -0.2) is 13.6 Å². The number of aromatic hydroxyl groups is 1. The van der Waals surface area contributed by atoms with Gasteiger partial charge in [0.25, 0.3) is 5.91 Å². The highest BCUT2D eigenvalue weighted by molar-refractivity contribution is 6.07. The van der Waals surface area contributed by atoms with Gasteiger partial charge in [-0.3, -0.25) is 24.8 Å². The van der Waals surface area contributed by atoms with Crippen molar-refractivity contribution in [1.82, 2.24) is 40.3 Å². The molecule has 17 heteroatoms. The van der Waals surface area contributed by atoms with E-state index < -0.39 is 17.7 Å². The molecule has 7 aliphatic rings. The zero-order valence-corrected chi connectivity index (χ0v) is 42.8. The number of rotatable bonds is 12. The molecule has 4 amide bonds. The number of phenolic OH excluding ortho intramolecular Hbond substituents is 1. The van der Waals surface area contributed by atoms with Gasteiger partial charge in [-0.05, 0) is 123 Å². The minimum absolute atomic E-state index is 0.00695. The van der Waals surface area contributed by atoms with E-state index in [1.165, 1.54) is 49.9 Å². The van der Waals surface area contributed by atoms with Crippen LogP contribution in [-0.4, -0.2) is 143 Å². The lowest BCUT2D eigenvalue weighted by Crippen LogP contribution is -2.51. The molecule has 3 aromatic carbocycles. The van der Waals surface area contributed by atoms with E-state index in [2.05, 4.69) is 36.2 Å². The summed E-state index contributed by atoms with van der Waals surface area (Å²) < 4.78 is 38.8. The normalized spacial score (nSPS) is 23.0. The summed E-state index contributed by atoms with van der Waals surface area (Å²) in [5.41, 5.74) is 2.60. The first kappa shape index (κ1) is 49.4. The number of aromatic nitrogens is 3. The van der Waals surface area contributed by atoms with Gasteiger partial charge in [-0.15, -0.1) is 6.42 Å². The predicted molar refractivity (Wildman–Crippen MR) is 283 cm³/mol. The van der Waals surface area contributed by atoms with E-state index in [0.717, 1.165) is 96.4 Å². The number of hydrogen-bond donors (Lipinski definition) is 3. The molecule has 2 unspecified atom stereocenters. The zero-order valence-electron chi connectivity index (χ0n) is 42.8. The van der Waals surface area contributed by atoms with Crippen LogP contribution in [0.1, 0.15) is 99.0 Å². The van der Waals surface area contributed by atoms with Gasteiger partial charge in [0.15, 0.2) is 5.82 Å². The summed E-state index contributed by atoms with van der Waals surface area (Å²) in [6.07, 6.45) is 19.3. The monoisotopic (exact) mass is 1020 g/mol. The number of likely N-dealkylation sites (tertiary alicyclic amines) is 1. The molecule has 3 N–H and O–H groups in total. The summed E-state index contributed by atoms with van der Waals surface area (Å²) in [4.78, 5) is 63.6. The van der Waals surface area contributed by atoms with E-state index in [-0.39, 0.29) is 68.5 Å². The van der Waals surface area contributed by atoms with Crippen LogP contribution in [0.2, 0.25) is 0 Å². The number of aryl methyl sites for hydroxylation is 1. The van der Waals surface area contributed by atoms with Crippen molar-refractivity contribution in [2.45, 2.75) is 96.1 Å². The number of carbonyl (C=O) groups excluding carboxylic acids is 3. The maximum atomic E-state index is 17.2. The summed E-state index contributed by atoms with van der Waals surface area (Å²) in [6.45, 7) is 11.7. The Morgan fingerprint density at radius 2 is 1.64 bits per heavy atom. The molecule has 15 nitrogen and oxygen atoms in total. The van der Waals surface area contributed by atoms with E-state index in [4.69, 9.17) is 21.1 Å². The fourth-order valence-electron chi connectivity index (χ4n) is 13.3. The Balaban J connectivity index is 0.656. The van der Waals surface area contributed by atoms with E-state index >= 15 is 8.78 Å². The van der Waals surface area contributed by atoms with Crippen LogP contribution in [0.5, 0.6) is 11.8 Å². The van der Waals surface area contributed by atoms with Crippen LogP contribution in [0.25, 0.3) is 32.9 Å². The number of benzene rings is 3. The molecule has 5 saturated heterocycles. The number of pyridine rings is 1. The third kappa shape index (κ3) is 9.74. The molecule has 2 bridgehead atoms. The lowest BCUT2D eigenvalue weighted by atomic mass is 9.65. The lowest BCUT2D eigenvalue weighted by molar-refractivity contribution is -0.120. The molecular formula is C58H66F2N10O5. The molecule has 7 fully saturated rings. The standard InChI is InChI=1S/C58H66F2N10O5/c1-3-37-5-6-39(28-47(37)70-20-13-48(72)63-56(70)74)54(73)68-21-18-57(19-22-68)14-11-36(12-15-57)31-66-23-25-67(26-24-66)34-58(16-17-58)35-75-55-64-52-45(53(65-55)69-32-40-8-9-41(33-69)62-40)30-61-51(50(52)60)44-29-42(71)27-38-7-10-46(59)43(4-2)49(38)44/h2,5-7,10,27-30,36,40-41,62,71H,3,8-9,11-26,31-35H2,1H3,(H,63,72,74).